The fourth-order valence-electron chi connectivity index (χ4n) is 8.62. The first-order valence-electron chi connectivity index (χ1n) is 21.5. The number of aromatic nitrogens is 4. The fourth-order valence-corrected chi connectivity index (χ4v) is 10.1. The van der Waals surface area contributed by atoms with Crippen molar-refractivity contribution in [2.75, 3.05) is 38.1 Å². The lowest BCUT2D eigenvalue weighted by Gasteiger charge is -2.37. The Morgan fingerprint density at radius 1 is 0.952 bits per heavy atom. The molecule has 2 aromatic heterocycles. The molecule has 1 aromatic carbocycles. The summed E-state index contributed by atoms with van der Waals surface area (Å²) in [5.74, 6) is 5.18. The third-order valence-corrected chi connectivity index (χ3v) is 13.7. The lowest BCUT2D eigenvalue weighted by Crippen LogP contribution is -2.51. The topological polar surface area (TPSA) is 201 Å². The van der Waals surface area contributed by atoms with E-state index < -0.39 is 27.6 Å². The number of imide groups is 1. The molecule has 16 nitrogen and oxygen atoms in total. The van der Waals surface area contributed by atoms with Crippen LogP contribution in [0, 0.1) is 17.8 Å². The molecule has 20 heteroatoms. The van der Waals surface area contributed by atoms with E-state index in [1.807, 2.05) is 29.2 Å². The number of amides is 3. The molecule has 1 saturated carbocycles. The Bertz CT molecular complexity index is 2280. The Morgan fingerprint density at radius 2 is 1.65 bits per heavy atom. The predicted octanol–water partition coefficient (Wildman–Crippen LogP) is 3.98. The summed E-state index contributed by atoms with van der Waals surface area (Å²) in [6.45, 7) is 4.98. The molecule has 3 aromatic rings. The molecule has 4 fully saturated rings. The molecule has 0 radical (unpaired) electrons. The molecule has 7 rings (SSSR count). The minimum Gasteiger partial charge on any atom is -0.389 e. The molecule has 3 saturated heterocycles. The van der Waals surface area contributed by atoms with E-state index in [4.69, 9.17) is 4.74 Å². The van der Waals surface area contributed by atoms with E-state index in [1.54, 1.807) is 13.8 Å². The molecule has 1 unspecified atom stereocenters. The van der Waals surface area contributed by atoms with E-state index in [0.29, 0.717) is 77.3 Å². The summed E-state index contributed by atoms with van der Waals surface area (Å²) < 4.78 is 80.1. The average molecular weight is 898 g/mol. The highest BCUT2D eigenvalue weighted by Crippen LogP contribution is 2.36. The molecular formula is C43H54F3N9O7S. The van der Waals surface area contributed by atoms with Gasteiger partial charge in [0.2, 0.25) is 23.7 Å². The Kier molecular flexibility index (Phi) is 14.2. The summed E-state index contributed by atoms with van der Waals surface area (Å²) in [5.41, 5.74) is -0.754. The lowest BCUT2D eigenvalue weighted by molar-refractivity contribution is -0.139. The van der Waals surface area contributed by atoms with Crippen LogP contribution in [0.2, 0.25) is 0 Å². The second kappa shape index (κ2) is 19.4. The Morgan fingerprint density at radius 3 is 2.30 bits per heavy atom. The predicted molar refractivity (Wildman–Crippen MR) is 225 cm³/mol. The molecule has 1 aliphatic carbocycles. The van der Waals surface area contributed by atoms with Crippen molar-refractivity contribution in [3.63, 3.8) is 0 Å². The number of aliphatic hydroxyl groups is 1. The first kappa shape index (κ1) is 46.1. The van der Waals surface area contributed by atoms with Crippen LogP contribution in [0.5, 0.6) is 0 Å². The van der Waals surface area contributed by atoms with Gasteiger partial charge in [-0.2, -0.15) is 35.7 Å². The van der Waals surface area contributed by atoms with Crippen molar-refractivity contribution in [2.45, 2.75) is 120 Å². The maximum absolute atomic E-state index is 13.9. The van der Waals surface area contributed by atoms with Crippen LogP contribution in [0.15, 0.2) is 42.9 Å². The Labute approximate surface area is 364 Å². The molecule has 4 N–H and O–H groups in total. The maximum atomic E-state index is 13.9. The van der Waals surface area contributed by atoms with E-state index in [0.717, 1.165) is 17.3 Å². The molecule has 63 heavy (non-hydrogen) atoms. The van der Waals surface area contributed by atoms with Crippen LogP contribution in [0.1, 0.15) is 101 Å². The van der Waals surface area contributed by atoms with Crippen molar-refractivity contribution in [1.29, 1.82) is 0 Å². The molecule has 1 atom stereocenters. The van der Waals surface area contributed by atoms with Crippen molar-refractivity contribution in [3.05, 3.63) is 59.5 Å². The third kappa shape index (κ3) is 12.2. The third-order valence-electron chi connectivity index (χ3n) is 12.0. The molecule has 5 heterocycles. The van der Waals surface area contributed by atoms with E-state index in [1.165, 1.54) is 21.4 Å². The van der Waals surface area contributed by atoms with Crippen LogP contribution >= 0.6 is 0 Å². The number of rotatable bonds is 12. The second-order valence-electron chi connectivity index (χ2n) is 17.4. The summed E-state index contributed by atoms with van der Waals surface area (Å²) in [4.78, 5) is 47.0. The van der Waals surface area contributed by atoms with Gasteiger partial charge in [0.1, 0.15) is 12.2 Å². The van der Waals surface area contributed by atoms with Gasteiger partial charge in [0.15, 0.2) is 0 Å². The van der Waals surface area contributed by atoms with E-state index >= 15 is 0 Å². The normalized spacial score (nSPS) is 22.3. The summed E-state index contributed by atoms with van der Waals surface area (Å²) >= 11 is 0. The van der Waals surface area contributed by atoms with Crippen molar-refractivity contribution in [1.82, 2.24) is 39.0 Å². The van der Waals surface area contributed by atoms with Crippen LogP contribution in [0.25, 0.3) is 11.3 Å². The number of anilines is 1. The molecule has 0 spiro atoms. The molecule has 4 aliphatic rings. The van der Waals surface area contributed by atoms with Gasteiger partial charge in [-0.25, -0.2) is 9.97 Å². The quantitative estimate of drug-likeness (QED) is 0.152. The maximum Gasteiger partial charge on any atom is 0.419 e. The number of alkyl halides is 3. The van der Waals surface area contributed by atoms with Crippen LogP contribution in [-0.4, -0.2) is 117 Å². The average Bonchev–Trinajstić information content (AvgIpc) is 3.70. The highest BCUT2D eigenvalue weighted by Gasteiger charge is 2.38. The standard InChI is InChI=1S/C43H54F3N9O7S/c1-42(2,59)27-54-26-31(24-48-54)38-36(43(44,45)46)25-47-41(51-38)49-32-15-21-55(22-16-32)63(60,61)52-33-11-9-30(10-12-33)40(58)53-19-17-34(18-20-53)62-23-3-4-28-5-7-29(8-6-28)35-13-14-37(56)50-39(35)57/h5-8,24-26,30,32-35,52,59H,9-23,27H2,1-2H3,(H,47,49,51)(H,50,56,57). The van der Waals surface area contributed by atoms with Gasteiger partial charge >= 0.3 is 6.18 Å². The summed E-state index contributed by atoms with van der Waals surface area (Å²) in [6, 6.07) is 6.85. The summed E-state index contributed by atoms with van der Waals surface area (Å²) in [6.07, 6.45) is 3.84. The summed E-state index contributed by atoms with van der Waals surface area (Å²) in [7, 11) is -3.82. The van der Waals surface area contributed by atoms with Gasteiger partial charge in [-0.3, -0.25) is 24.4 Å². The first-order valence-corrected chi connectivity index (χ1v) is 22.9. The Hall–Kier alpha value is -4.94. The summed E-state index contributed by atoms with van der Waals surface area (Å²) in [5, 5.41) is 19.7. The molecule has 3 amide bonds. The smallest absolute Gasteiger partial charge is 0.389 e. The van der Waals surface area contributed by atoms with Crippen LogP contribution < -0.4 is 15.4 Å². The van der Waals surface area contributed by atoms with Gasteiger partial charge in [0.25, 0.3) is 10.2 Å². The van der Waals surface area contributed by atoms with E-state index in [2.05, 4.69) is 42.3 Å². The minimum absolute atomic E-state index is 0.0107. The van der Waals surface area contributed by atoms with Gasteiger partial charge in [0.05, 0.1) is 36.1 Å². The van der Waals surface area contributed by atoms with Crippen molar-refractivity contribution in [3.8, 4) is 23.1 Å². The van der Waals surface area contributed by atoms with Crippen molar-refractivity contribution < 1.29 is 45.8 Å². The molecule has 0 bridgehead atoms. The minimum atomic E-state index is -4.72. The number of carbonyl (C=O) groups excluding carboxylic acids is 3. The molecule has 3 aliphatic heterocycles. The first-order chi connectivity index (χ1) is 29.9. The Balaban J connectivity index is 0.809. The lowest BCUT2D eigenvalue weighted by atomic mass is 9.85. The number of nitrogens with one attached hydrogen (secondary N) is 3. The SMILES string of the molecule is CC(C)(O)Cn1cc(-c2nc(NC3CCN(S(=O)(=O)NC4CCC(C(=O)N5CCC(OCC#Cc6ccc(C7CCC(=O)NC7=O)cc6)CC5)CC4)CC3)ncc2C(F)(F)F)cn1. The number of hydrogen-bond acceptors (Lipinski definition) is 11. The van der Waals surface area contributed by atoms with Crippen LogP contribution in [-0.2, 0) is 42.1 Å². The monoisotopic (exact) mass is 897 g/mol. The van der Waals surface area contributed by atoms with Gasteiger partial charge < -0.3 is 20.1 Å². The zero-order valence-electron chi connectivity index (χ0n) is 35.4. The number of carbonyl (C=O) groups is 3. The van der Waals surface area contributed by atoms with Crippen LogP contribution in [0.4, 0.5) is 19.1 Å². The highest BCUT2D eigenvalue weighted by molar-refractivity contribution is 7.87. The second-order valence-corrected chi connectivity index (χ2v) is 19.1. The zero-order chi connectivity index (χ0) is 44.9. The van der Waals surface area contributed by atoms with Gasteiger partial charge in [0, 0.05) is 74.1 Å². The number of likely N-dealkylation sites (tertiary alicyclic amines) is 1. The van der Waals surface area contributed by atoms with Crippen molar-refractivity contribution >= 4 is 33.9 Å². The zero-order valence-corrected chi connectivity index (χ0v) is 36.2. The van der Waals surface area contributed by atoms with Gasteiger partial charge in [-0.15, -0.1) is 0 Å². The number of ether oxygens (including phenoxy) is 1. The van der Waals surface area contributed by atoms with Gasteiger partial charge in [-0.05, 0) is 89.3 Å². The fraction of sp³-hybridized carbons (Fsp3) is 0.581. The van der Waals surface area contributed by atoms with Gasteiger partial charge in [-0.1, -0.05) is 24.0 Å². The van der Waals surface area contributed by atoms with E-state index in [9.17, 15) is 41.1 Å². The number of benzene rings is 1. The number of hydrogen-bond donors (Lipinski definition) is 4. The van der Waals surface area contributed by atoms with Crippen LogP contribution in [0.3, 0.4) is 0 Å². The highest BCUT2D eigenvalue weighted by atomic mass is 32.2. The van der Waals surface area contributed by atoms with Crippen molar-refractivity contribution in [2.24, 2.45) is 5.92 Å². The molecular weight excluding hydrogens is 844 g/mol. The number of nitrogens with zero attached hydrogens (tertiary/aromatic N) is 6. The molecule has 340 valence electrons. The number of piperidine rings is 3. The largest absolute Gasteiger partial charge is 0.419 e. The van der Waals surface area contributed by atoms with E-state index in [-0.39, 0.29) is 91.2 Å². The number of halogens is 3.